The van der Waals surface area contributed by atoms with Crippen molar-refractivity contribution < 1.29 is 9.53 Å². The number of hydrogen-bond donors (Lipinski definition) is 3. The first-order valence-electron chi connectivity index (χ1n) is 8.43. The Bertz CT molecular complexity index is 713. The molecule has 0 aromatic heterocycles. The molecule has 0 saturated heterocycles. The Hall–Kier alpha value is -2.56. The summed E-state index contributed by atoms with van der Waals surface area (Å²) in [5.41, 5.74) is 5.73. The molecule has 0 aliphatic carbocycles. The van der Waals surface area contributed by atoms with Crippen molar-refractivity contribution in [3.8, 4) is 5.75 Å². The average Bonchev–Trinajstić information content (AvgIpc) is 2.56. The van der Waals surface area contributed by atoms with Crippen LogP contribution in [0.4, 0.5) is 0 Å². The van der Waals surface area contributed by atoms with Gasteiger partial charge in [0.05, 0.1) is 12.2 Å². The number of fused-ring (bicyclic) bond motifs is 1. The summed E-state index contributed by atoms with van der Waals surface area (Å²) in [7, 11) is 0. The topological polar surface area (TPSA) is 88.2 Å². The van der Waals surface area contributed by atoms with Gasteiger partial charge in [0.2, 0.25) is 0 Å². The summed E-state index contributed by atoms with van der Waals surface area (Å²) in [4.78, 5) is 12.5. The normalized spacial score (nSPS) is 10.5. The lowest BCUT2D eigenvalue weighted by molar-refractivity contribution is 0.0974. The molecular formula is C19H25N3O2. The molecule has 0 unspecified atom stereocenters. The van der Waals surface area contributed by atoms with E-state index in [0.29, 0.717) is 17.9 Å². The van der Waals surface area contributed by atoms with Crippen LogP contribution in [-0.2, 0) is 0 Å². The van der Waals surface area contributed by atoms with Crippen molar-refractivity contribution >= 4 is 22.6 Å². The molecule has 2 rings (SSSR count). The largest absolute Gasteiger partial charge is 0.493 e. The highest BCUT2D eigenvalue weighted by atomic mass is 16.5. The smallest absolute Gasteiger partial charge is 0.262 e. The maximum absolute atomic E-state index is 12.5. The summed E-state index contributed by atoms with van der Waals surface area (Å²) in [5, 5.41) is 11.4. The number of carbonyl (C=O) groups is 1. The molecule has 128 valence electrons. The van der Waals surface area contributed by atoms with E-state index < -0.39 is 5.91 Å². The summed E-state index contributed by atoms with van der Waals surface area (Å²) in [6.45, 7) is 2.76. The van der Waals surface area contributed by atoms with E-state index in [4.69, 9.17) is 15.9 Å². The number of unbranched alkanes of at least 4 members (excludes halogenated alkanes) is 4. The van der Waals surface area contributed by atoms with Gasteiger partial charge in [-0.3, -0.25) is 15.5 Å². The second-order valence-electron chi connectivity index (χ2n) is 5.79. The molecule has 4 N–H and O–H groups in total. The Morgan fingerprint density at radius 2 is 1.88 bits per heavy atom. The molecular weight excluding hydrogens is 302 g/mol. The fraction of sp³-hybridized carbons (Fsp3) is 0.368. The second-order valence-corrected chi connectivity index (χ2v) is 5.79. The van der Waals surface area contributed by atoms with Gasteiger partial charge in [0.25, 0.3) is 5.91 Å². The summed E-state index contributed by atoms with van der Waals surface area (Å²) in [5.74, 6) is -0.262. The standard InChI is InChI=1S/C19H25N3O2/c1-2-3-4-5-8-13-24-16-12-11-14-9-6-7-10-15(14)17(16)18(23)22-19(20)21/h6-7,9-12H,2-5,8,13H2,1H3,(H4,20,21,22,23). The second kappa shape index (κ2) is 8.91. The fourth-order valence-electron chi connectivity index (χ4n) is 2.68. The number of ether oxygens (including phenoxy) is 1. The van der Waals surface area contributed by atoms with Gasteiger partial charge in [-0.2, -0.15) is 0 Å². The summed E-state index contributed by atoms with van der Waals surface area (Å²) >= 11 is 0. The van der Waals surface area contributed by atoms with Crippen LogP contribution < -0.4 is 15.8 Å². The Labute approximate surface area is 142 Å². The molecule has 0 aliphatic rings. The van der Waals surface area contributed by atoms with Crippen molar-refractivity contribution in [3.05, 3.63) is 42.0 Å². The third-order valence-corrected chi connectivity index (χ3v) is 3.87. The lowest BCUT2D eigenvalue weighted by Crippen LogP contribution is -2.36. The molecule has 1 amide bonds. The Balaban J connectivity index is 2.18. The molecule has 0 bridgehead atoms. The van der Waals surface area contributed by atoms with Crippen LogP contribution in [0.3, 0.4) is 0 Å². The maximum Gasteiger partial charge on any atom is 0.262 e. The van der Waals surface area contributed by atoms with Crippen LogP contribution in [0.25, 0.3) is 10.8 Å². The fourth-order valence-corrected chi connectivity index (χ4v) is 2.68. The predicted molar refractivity (Wildman–Crippen MR) is 97.6 cm³/mol. The highest BCUT2D eigenvalue weighted by Crippen LogP contribution is 2.28. The zero-order chi connectivity index (χ0) is 17.4. The van der Waals surface area contributed by atoms with Crippen LogP contribution in [0, 0.1) is 5.41 Å². The first-order chi connectivity index (χ1) is 11.6. The van der Waals surface area contributed by atoms with Gasteiger partial charge < -0.3 is 10.5 Å². The van der Waals surface area contributed by atoms with E-state index in [1.165, 1.54) is 19.3 Å². The predicted octanol–water partition coefficient (Wildman–Crippen LogP) is 3.81. The van der Waals surface area contributed by atoms with Crippen molar-refractivity contribution in [3.63, 3.8) is 0 Å². The molecule has 24 heavy (non-hydrogen) atoms. The van der Waals surface area contributed by atoms with Crippen molar-refractivity contribution in [2.24, 2.45) is 5.73 Å². The van der Waals surface area contributed by atoms with Crippen molar-refractivity contribution in [2.75, 3.05) is 6.61 Å². The molecule has 0 aliphatic heterocycles. The van der Waals surface area contributed by atoms with Crippen LogP contribution in [0.1, 0.15) is 49.4 Å². The Kier molecular flexibility index (Phi) is 6.61. The van der Waals surface area contributed by atoms with Gasteiger partial charge >= 0.3 is 0 Å². The van der Waals surface area contributed by atoms with Gasteiger partial charge in [-0.1, -0.05) is 62.9 Å². The van der Waals surface area contributed by atoms with E-state index in [2.05, 4.69) is 12.2 Å². The molecule has 0 heterocycles. The number of benzene rings is 2. The quantitative estimate of drug-likeness (QED) is 0.391. The van der Waals surface area contributed by atoms with Crippen LogP contribution in [0.5, 0.6) is 5.75 Å². The van der Waals surface area contributed by atoms with Crippen LogP contribution in [0.2, 0.25) is 0 Å². The third-order valence-electron chi connectivity index (χ3n) is 3.87. The van der Waals surface area contributed by atoms with Crippen LogP contribution in [-0.4, -0.2) is 18.5 Å². The summed E-state index contributed by atoms with van der Waals surface area (Å²) < 4.78 is 5.86. The van der Waals surface area contributed by atoms with Gasteiger partial charge in [-0.05, 0) is 23.3 Å². The molecule has 2 aromatic rings. The van der Waals surface area contributed by atoms with Gasteiger partial charge in [-0.25, -0.2) is 0 Å². The molecule has 5 nitrogen and oxygen atoms in total. The zero-order valence-electron chi connectivity index (χ0n) is 14.1. The van der Waals surface area contributed by atoms with E-state index in [0.717, 1.165) is 23.6 Å². The molecule has 2 aromatic carbocycles. The molecule has 5 heteroatoms. The highest BCUT2D eigenvalue weighted by molar-refractivity contribution is 6.14. The SMILES string of the molecule is CCCCCCCOc1ccc2ccccc2c1C(=O)NC(=N)N. The van der Waals surface area contributed by atoms with Crippen molar-refractivity contribution in [1.82, 2.24) is 5.32 Å². The van der Waals surface area contributed by atoms with E-state index in [1.807, 2.05) is 36.4 Å². The maximum atomic E-state index is 12.5. The Morgan fingerprint density at radius 1 is 1.12 bits per heavy atom. The molecule has 0 atom stereocenters. The lowest BCUT2D eigenvalue weighted by atomic mass is 10.0. The highest BCUT2D eigenvalue weighted by Gasteiger charge is 2.17. The minimum atomic E-state index is -0.416. The number of hydrogen-bond acceptors (Lipinski definition) is 3. The molecule has 0 saturated carbocycles. The van der Waals surface area contributed by atoms with Gasteiger partial charge in [0, 0.05) is 0 Å². The number of guanidine groups is 1. The minimum absolute atomic E-state index is 0.376. The van der Waals surface area contributed by atoms with Gasteiger partial charge in [0.1, 0.15) is 5.75 Å². The summed E-state index contributed by atoms with van der Waals surface area (Å²) in [6.07, 6.45) is 5.73. The Morgan fingerprint density at radius 3 is 2.62 bits per heavy atom. The number of nitrogens with two attached hydrogens (primary N) is 1. The van der Waals surface area contributed by atoms with Crippen LogP contribution in [0.15, 0.2) is 36.4 Å². The van der Waals surface area contributed by atoms with Crippen molar-refractivity contribution in [2.45, 2.75) is 39.0 Å². The number of rotatable bonds is 8. The van der Waals surface area contributed by atoms with Gasteiger partial charge in [-0.15, -0.1) is 0 Å². The van der Waals surface area contributed by atoms with Crippen molar-refractivity contribution in [1.29, 1.82) is 5.41 Å². The first-order valence-corrected chi connectivity index (χ1v) is 8.43. The summed E-state index contributed by atoms with van der Waals surface area (Å²) in [6, 6.07) is 11.4. The van der Waals surface area contributed by atoms with Gasteiger partial charge in [0.15, 0.2) is 5.96 Å². The molecule has 0 spiro atoms. The van der Waals surface area contributed by atoms with E-state index in [1.54, 1.807) is 0 Å². The zero-order valence-corrected chi connectivity index (χ0v) is 14.1. The number of amides is 1. The molecule has 0 fully saturated rings. The monoisotopic (exact) mass is 327 g/mol. The average molecular weight is 327 g/mol. The van der Waals surface area contributed by atoms with E-state index in [-0.39, 0.29) is 5.96 Å². The first kappa shape index (κ1) is 17.8. The van der Waals surface area contributed by atoms with E-state index >= 15 is 0 Å². The lowest BCUT2D eigenvalue weighted by Gasteiger charge is -2.14. The van der Waals surface area contributed by atoms with Crippen LogP contribution >= 0.6 is 0 Å². The number of nitrogens with one attached hydrogen (secondary N) is 2. The van der Waals surface area contributed by atoms with E-state index in [9.17, 15) is 4.79 Å². The third kappa shape index (κ3) is 4.72. The minimum Gasteiger partial charge on any atom is -0.493 e. The molecule has 0 radical (unpaired) electrons. The number of carbonyl (C=O) groups excluding carboxylic acids is 1.